The van der Waals surface area contributed by atoms with Gasteiger partial charge in [-0.3, -0.25) is 4.79 Å². The number of ether oxygens (including phenoxy) is 2. The van der Waals surface area contributed by atoms with Crippen molar-refractivity contribution in [3.63, 3.8) is 0 Å². The molecule has 2 heterocycles. The molecule has 0 unspecified atom stereocenters. The highest BCUT2D eigenvalue weighted by molar-refractivity contribution is 7.89. The standard InChI is InChI=1S/C21H30N2O5S/c1-27-13-12-23-15-21(8-10-22(11-9-21)20(24)14-17-6-7-17)16-28-18-4-2-3-5-19(18)29(23,25)26/h2-5,17H,6-16H2,1H3. The number of methoxy groups -OCH3 is 1. The van der Waals surface area contributed by atoms with E-state index in [1.807, 2.05) is 4.90 Å². The molecule has 2 aliphatic heterocycles. The molecule has 2 fully saturated rings. The second-order valence-corrected chi connectivity index (χ2v) is 10.5. The summed E-state index contributed by atoms with van der Waals surface area (Å²) >= 11 is 0. The van der Waals surface area contributed by atoms with E-state index in [9.17, 15) is 13.2 Å². The van der Waals surface area contributed by atoms with Gasteiger partial charge in [0.25, 0.3) is 0 Å². The first-order valence-corrected chi connectivity index (χ1v) is 11.9. The van der Waals surface area contributed by atoms with E-state index in [0.717, 1.165) is 12.8 Å². The smallest absolute Gasteiger partial charge is 0.246 e. The molecular weight excluding hydrogens is 392 g/mol. The van der Waals surface area contributed by atoms with Crippen molar-refractivity contribution in [3.05, 3.63) is 24.3 Å². The van der Waals surface area contributed by atoms with E-state index in [1.165, 1.54) is 12.8 Å². The van der Waals surface area contributed by atoms with Crippen molar-refractivity contribution < 1.29 is 22.7 Å². The van der Waals surface area contributed by atoms with Gasteiger partial charge in [-0.1, -0.05) is 12.1 Å². The lowest BCUT2D eigenvalue weighted by atomic mass is 9.78. The molecule has 1 aliphatic carbocycles. The zero-order valence-electron chi connectivity index (χ0n) is 17.0. The first-order valence-electron chi connectivity index (χ1n) is 10.4. The summed E-state index contributed by atoms with van der Waals surface area (Å²) in [5.74, 6) is 1.22. The first kappa shape index (κ1) is 20.6. The molecule has 1 amide bonds. The molecule has 3 aliphatic rings. The van der Waals surface area contributed by atoms with Gasteiger partial charge in [0, 0.05) is 45.1 Å². The number of hydrogen-bond acceptors (Lipinski definition) is 5. The van der Waals surface area contributed by atoms with E-state index < -0.39 is 10.0 Å². The van der Waals surface area contributed by atoms with Crippen LogP contribution < -0.4 is 4.74 Å². The minimum absolute atomic E-state index is 0.211. The van der Waals surface area contributed by atoms with Crippen LogP contribution in [0.4, 0.5) is 0 Å². The fraction of sp³-hybridized carbons (Fsp3) is 0.667. The van der Waals surface area contributed by atoms with Crippen LogP contribution in [0, 0.1) is 11.3 Å². The SMILES string of the molecule is COCCN1CC2(CCN(C(=O)CC3CC3)CC2)COc2ccccc2S1(=O)=O. The number of carbonyl (C=O) groups excluding carboxylic acids is 1. The van der Waals surface area contributed by atoms with Crippen LogP contribution in [-0.2, 0) is 19.6 Å². The summed E-state index contributed by atoms with van der Waals surface area (Å²) in [6.07, 6.45) is 4.48. The third-order valence-electron chi connectivity index (χ3n) is 6.39. The lowest BCUT2D eigenvalue weighted by Crippen LogP contribution is -2.53. The minimum atomic E-state index is -3.68. The minimum Gasteiger partial charge on any atom is -0.492 e. The van der Waals surface area contributed by atoms with Gasteiger partial charge in [0.1, 0.15) is 10.6 Å². The van der Waals surface area contributed by atoms with Crippen LogP contribution in [0.1, 0.15) is 32.1 Å². The molecule has 1 aromatic carbocycles. The highest BCUT2D eigenvalue weighted by Gasteiger charge is 2.43. The molecule has 0 radical (unpaired) electrons. The Balaban J connectivity index is 1.55. The maximum Gasteiger partial charge on any atom is 0.246 e. The van der Waals surface area contributed by atoms with Crippen LogP contribution >= 0.6 is 0 Å². The summed E-state index contributed by atoms with van der Waals surface area (Å²) in [5, 5.41) is 0. The summed E-state index contributed by atoms with van der Waals surface area (Å²) < 4.78 is 39.4. The molecule has 7 nitrogen and oxygen atoms in total. The fourth-order valence-electron chi connectivity index (χ4n) is 4.28. The molecule has 1 spiro atoms. The first-order chi connectivity index (χ1) is 13.9. The molecular formula is C21H30N2O5S. The number of benzene rings is 1. The zero-order valence-corrected chi connectivity index (χ0v) is 17.8. The number of piperidine rings is 1. The average Bonchev–Trinajstić information content (AvgIpc) is 3.53. The molecule has 0 N–H and O–H groups in total. The average molecular weight is 423 g/mol. The molecule has 4 rings (SSSR count). The van der Waals surface area contributed by atoms with Crippen LogP contribution in [0.5, 0.6) is 5.75 Å². The molecule has 8 heteroatoms. The number of nitrogens with zero attached hydrogens (tertiary/aromatic N) is 2. The Kier molecular flexibility index (Phi) is 5.86. The highest BCUT2D eigenvalue weighted by atomic mass is 32.2. The Morgan fingerprint density at radius 3 is 2.66 bits per heavy atom. The van der Waals surface area contributed by atoms with Gasteiger partial charge >= 0.3 is 0 Å². The van der Waals surface area contributed by atoms with E-state index in [2.05, 4.69) is 0 Å². The number of para-hydroxylation sites is 1. The Bertz CT molecular complexity index is 844. The molecule has 160 valence electrons. The number of rotatable bonds is 5. The number of hydrogen-bond donors (Lipinski definition) is 0. The lowest BCUT2D eigenvalue weighted by Gasteiger charge is -2.45. The second kappa shape index (κ2) is 8.24. The maximum absolute atomic E-state index is 13.3. The fourth-order valence-corrected chi connectivity index (χ4v) is 5.95. The van der Waals surface area contributed by atoms with Crippen molar-refractivity contribution >= 4 is 15.9 Å². The molecule has 0 aromatic heterocycles. The summed E-state index contributed by atoms with van der Waals surface area (Å²) in [6.45, 7) is 2.80. The number of fused-ring (bicyclic) bond motifs is 1. The van der Waals surface area contributed by atoms with Gasteiger partial charge in [0.05, 0.1) is 13.2 Å². The van der Waals surface area contributed by atoms with Gasteiger partial charge in [0.15, 0.2) is 0 Å². The van der Waals surface area contributed by atoms with Crippen LogP contribution in [0.25, 0.3) is 0 Å². The van der Waals surface area contributed by atoms with Crippen LogP contribution in [-0.4, -0.2) is 70.0 Å². The van der Waals surface area contributed by atoms with Crippen molar-refractivity contribution in [2.45, 2.75) is 37.0 Å². The van der Waals surface area contributed by atoms with Crippen molar-refractivity contribution in [1.29, 1.82) is 0 Å². The molecule has 1 saturated heterocycles. The Morgan fingerprint density at radius 1 is 1.24 bits per heavy atom. The Morgan fingerprint density at radius 2 is 1.97 bits per heavy atom. The van der Waals surface area contributed by atoms with Crippen molar-refractivity contribution in [3.8, 4) is 5.75 Å². The third-order valence-corrected chi connectivity index (χ3v) is 8.28. The number of sulfonamides is 1. The van der Waals surface area contributed by atoms with Gasteiger partial charge in [-0.15, -0.1) is 0 Å². The van der Waals surface area contributed by atoms with Crippen molar-refractivity contribution in [2.75, 3.05) is 46.5 Å². The molecule has 0 atom stereocenters. The summed E-state index contributed by atoms with van der Waals surface area (Å²) in [5.41, 5.74) is -0.301. The number of carbonyl (C=O) groups is 1. The normalized spacial score (nSPS) is 23.7. The van der Waals surface area contributed by atoms with E-state index in [1.54, 1.807) is 35.7 Å². The van der Waals surface area contributed by atoms with Gasteiger partial charge in [-0.25, -0.2) is 8.42 Å². The monoisotopic (exact) mass is 422 g/mol. The van der Waals surface area contributed by atoms with Gasteiger partial charge in [0.2, 0.25) is 15.9 Å². The summed E-state index contributed by atoms with van der Waals surface area (Å²) in [4.78, 5) is 14.6. The summed E-state index contributed by atoms with van der Waals surface area (Å²) in [7, 11) is -2.10. The van der Waals surface area contributed by atoms with E-state index in [4.69, 9.17) is 9.47 Å². The van der Waals surface area contributed by atoms with E-state index in [0.29, 0.717) is 57.5 Å². The van der Waals surface area contributed by atoms with Gasteiger partial charge < -0.3 is 14.4 Å². The zero-order chi connectivity index (χ0) is 20.5. The van der Waals surface area contributed by atoms with Crippen molar-refractivity contribution in [1.82, 2.24) is 9.21 Å². The number of likely N-dealkylation sites (tertiary alicyclic amines) is 1. The predicted octanol–water partition coefficient (Wildman–Crippen LogP) is 2.12. The topological polar surface area (TPSA) is 76.2 Å². The second-order valence-electron chi connectivity index (χ2n) is 8.60. The molecule has 1 saturated carbocycles. The molecule has 29 heavy (non-hydrogen) atoms. The third kappa shape index (κ3) is 4.44. The van der Waals surface area contributed by atoms with Gasteiger partial charge in [-0.05, 0) is 43.7 Å². The largest absolute Gasteiger partial charge is 0.492 e. The highest BCUT2D eigenvalue weighted by Crippen LogP contribution is 2.40. The Labute approximate surface area is 173 Å². The lowest BCUT2D eigenvalue weighted by molar-refractivity contribution is -0.134. The number of amides is 1. The van der Waals surface area contributed by atoms with Crippen LogP contribution in [0.2, 0.25) is 0 Å². The summed E-state index contributed by atoms with van der Waals surface area (Å²) in [6, 6.07) is 6.83. The molecule has 1 aromatic rings. The van der Waals surface area contributed by atoms with Crippen LogP contribution in [0.15, 0.2) is 29.2 Å². The van der Waals surface area contributed by atoms with Crippen LogP contribution in [0.3, 0.4) is 0 Å². The van der Waals surface area contributed by atoms with E-state index >= 15 is 0 Å². The quantitative estimate of drug-likeness (QED) is 0.727. The maximum atomic E-state index is 13.3. The van der Waals surface area contributed by atoms with Crippen molar-refractivity contribution in [2.24, 2.45) is 11.3 Å². The van der Waals surface area contributed by atoms with Gasteiger partial charge in [-0.2, -0.15) is 4.31 Å². The van der Waals surface area contributed by atoms with E-state index in [-0.39, 0.29) is 16.2 Å². The predicted molar refractivity (Wildman–Crippen MR) is 108 cm³/mol. The Hall–Kier alpha value is -1.64. The molecule has 0 bridgehead atoms.